The molecule has 1 saturated carbocycles. The number of hydrogen-bond donors (Lipinski definition) is 2. The predicted octanol–water partition coefficient (Wildman–Crippen LogP) is 7.49. The molecule has 2 amide bonds. The summed E-state index contributed by atoms with van der Waals surface area (Å²) in [7, 11) is 0. The summed E-state index contributed by atoms with van der Waals surface area (Å²) in [5.41, 5.74) is 0.765. The lowest BCUT2D eigenvalue weighted by Crippen LogP contribution is -2.42. The zero-order valence-electron chi connectivity index (χ0n) is 20.8. The van der Waals surface area contributed by atoms with E-state index in [-0.39, 0.29) is 28.8 Å². The molecule has 196 valence electrons. The molecule has 0 unspecified atom stereocenters. The summed E-state index contributed by atoms with van der Waals surface area (Å²) < 4.78 is 18.3. The van der Waals surface area contributed by atoms with E-state index in [0.29, 0.717) is 27.0 Å². The average molecular weight is 545 g/mol. The van der Waals surface area contributed by atoms with Gasteiger partial charge < -0.3 is 20.1 Å². The minimum Gasteiger partial charge on any atom is -0.449 e. The smallest absolute Gasteiger partial charge is 0.449 e. The second kappa shape index (κ2) is 11.4. The molecule has 3 aromatic rings. The third-order valence-electron chi connectivity index (χ3n) is 6.43. The Morgan fingerprint density at radius 2 is 1.70 bits per heavy atom. The molecule has 0 bridgehead atoms. The first-order chi connectivity index (χ1) is 17.6. The maximum atomic E-state index is 13.6. The SMILES string of the molecule is CC(C)N(c1cc(-c2ccc(NC(=O)c3ccc(F)cc3)s2)sc1OC(=O)O)C(=O)[C@H]1CC[C@H](C)CC1. The summed E-state index contributed by atoms with van der Waals surface area (Å²) in [6.45, 7) is 6.00. The summed E-state index contributed by atoms with van der Waals surface area (Å²) in [6, 6.07) is 10.4. The summed E-state index contributed by atoms with van der Waals surface area (Å²) in [6.07, 6.45) is 2.18. The van der Waals surface area contributed by atoms with Crippen LogP contribution in [0.3, 0.4) is 0 Å². The van der Waals surface area contributed by atoms with E-state index in [1.165, 1.54) is 35.6 Å². The van der Waals surface area contributed by atoms with Crippen molar-refractivity contribution in [1.82, 2.24) is 0 Å². The van der Waals surface area contributed by atoms with Crippen LogP contribution in [-0.2, 0) is 4.79 Å². The van der Waals surface area contributed by atoms with E-state index in [4.69, 9.17) is 4.74 Å². The van der Waals surface area contributed by atoms with Crippen molar-refractivity contribution in [3.8, 4) is 14.8 Å². The first-order valence-corrected chi connectivity index (χ1v) is 13.8. The quantitative estimate of drug-likeness (QED) is 0.300. The van der Waals surface area contributed by atoms with Gasteiger partial charge in [-0.3, -0.25) is 9.59 Å². The molecule has 0 saturated heterocycles. The molecule has 2 aromatic heterocycles. The highest BCUT2D eigenvalue weighted by Crippen LogP contribution is 2.47. The Hall–Kier alpha value is -3.24. The lowest BCUT2D eigenvalue weighted by molar-refractivity contribution is -0.123. The maximum absolute atomic E-state index is 13.6. The van der Waals surface area contributed by atoms with Crippen LogP contribution in [0.15, 0.2) is 42.5 Å². The molecule has 1 aliphatic carbocycles. The Morgan fingerprint density at radius 1 is 1.03 bits per heavy atom. The van der Waals surface area contributed by atoms with Crippen molar-refractivity contribution in [2.45, 2.75) is 52.5 Å². The summed E-state index contributed by atoms with van der Waals surface area (Å²) in [4.78, 5) is 40.7. The number of amides is 2. The first kappa shape index (κ1) is 26.8. The standard InChI is InChI=1S/C27H29FN2O5S2/c1-15(2)30(25(32)18-6-4-16(3)5-7-18)20-14-22(37-26(20)35-27(33)34)21-12-13-23(36-21)29-24(31)17-8-10-19(28)11-9-17/h8-16,18H,4-7H2,1-3H3,(H,29,31)(H,33,34)/t16-,18-. The number of nitrogens with one attached hydrogen (secondary N) is 1. The van der Waals surface area contributed by atoms with Gasteiger partial charge in [0.2, 0.25) is 11.0 Å². The number of ether oxygens (including phenoxy) is 1. The lowest BCUT2D eigenvalue weighted by Gasteiger charge is -2.33. The summed E-state index contributed by atoms with van der Waals surface area (Å²) >= 11 is 2.45. The number of carbonyl (C=O) groups excluding carboxylic acids is 2. The topological polar surface area (TPSA) is 95.9 Å². The van der Waals surface area contributed by atoms with Gasteiger partial charge in [-0.15, -0.1) is 11.3 Å². The van der Waals surface area contributed by atoms with Crippen LogP contribution in [-0.4, -0.2) is 29.1 Å². The number of nitrogens with zero attached hydrogens (tertiary/aromatic N) is 1. The molecule has 2 N–H and O–H groups in total. The molecule has 1 aromatic carbocycles. The van der Waals surface area contributed by atoms with Crippen LogP contribution < -0.4 is 15.0 Å². The Kier molecular flexibility index (Phi) is 8.29. The van der Waals surface area contributed by atoms with Crippen LogP contribution in [0, 0.1) is 17.7 Å². The molecule has 1 fully saturated rings. The number of carboxylic acid groups (broad SMARTS) is 1. The highest BCUT2D eigenvalue weighted by molar-refractivity contribution is 7.25. The molecule has 0 spiro atoms. The fraction of sp³-hybridized carbons (Fsp3) is 0.370. The summed E-state index contributed by atoms with van der Waals surface area (Å²) in [5.74, 6) is -0.301. The van der Waals surface area contributed by atoms with Crippen LogP contribution in [0.5, 0.6) is 5.06 Å². The van der Waals surface area contributed by atoms with E-state index < -0.39 is 12.0 Å². The fourth-order valence-electron chi connectivity index (χ4n) is 4.48. The number of anilines is 2. The number of rotatable bonds is 7. The van der Waals surface area contributed by atoms with Gasteiger partial charge in [0.25, 0.3) is 5.91 Å². The second-order valence-corrected chi connectivity index (χ2v) is 11.6. The zero-order chi connectivity index (χ0) is 26.7. The molecule has 37 heavy (non-hydrogen) atoms. The molecule has 4 rings (SSSR count). The van der Waals surface area contributed by atoms with Gasteiger partial charge in [0.15, 0.2) is 0 Å². The highest BCUT2D eigenvalue weighted by atomic mass is 32.1. The van der Waals surface area contributed by atoms with Crippen molar-refractivity contribution >= 4 is 51.3 Å². The zero-order valence-corrected chi connectivity index (χ0v) is 22.5. The molecule has 0 radical (unpaired) electrons. The van der Waals surface area contributed by atoms with Crippen LogP contribution in [0.25, 0.3) is 9.75 Å². The largest absolute Gasteiger partial charge is 0.512 e. The number of halogens is 1. The third kappa shape index (κ3) is 6.37. The first-order valence-electron chi connectivity index (χ1n) is 12.2. The van der Waals surface area contributed by atoms with Crippen molar-refractivity contribution in [2.24, 2.45) is 11.8 Å². The Morgan fingerprint density at radius 3 is 2.32 bits per heavy atom. The van der Waals surface area contributed by atoms with Gasteiger partial charge >= 0.3 is 6.16 Å². The van der Waals surface area contributed by atoms with Crippen molar-refractivity contribution in [2.75, 3.05) is 10.2 Å². The lowest BCUT2D eigenvalue weighted by atomic mass is 9.82. The highest BCUT2D eigenvalue weighted by Gasteiger charge is 2.33. The van der Waals surface area contributed by atoms with Gasteiger partial charge in [-0.05, 0) is 87.9 Å². The molecule has 0 aliphatic heterocycles. The van der Waals surface area contributed by atoms with Gasteiger partial charge in [-0.2, -0.15) is 0 Å². The fourth-order valence-corrected chi connectivity index (χ4v) is 6.46. The van der Waals surface area contributed by atoms with E-state index in [2.05, 4.69) is 12.2 Å². The van der Waals surface area contributed by atoms with E-state index in [9.17, 15) is 23.9 Å². The second-order valence-electron chi connectivity index (χ2n) is 9.54. The minimum absolute atomic E-state index is 0.0140. The van der Waals surface area contributed by atoms with Crippen molar-refractivity contribution in [1.29, 1.82) is 0 Å². The maximum Gasteiger partial charge on any atom is 0.512 e. The van der Waals surface area contributed by atoms with Crippen molar-refractivity contribution in [3.05, 3.63) is 53.8 Å². The molecule has 10 heteroatoms. The van der Waals surface area contributed by atoms with Crippen LogP contribution >= 0.6 is 22.7 Å². The minimum atomic E-state index is -1.45. The summed E-state index contributed by atoms with van der Waals surface area (Å²) in [5, 5.41) is 12.9. The normalized spacial score (nSPS) is 17.4. The van der Waals surface area contributed by atoms with Gasteiger partial charge in [0.05, 0.1) is 15.6 Å². The van der Waals surface area contributed by atoms with Gasteiger partial charge in [-0.1, -0.05) is 18.3 Å². The van der Waals surface area contributed by atoms with Gasteiger partial charge in [0, 0.05) is 22.4 Å². The van der Waals surface area contributed by atoms with Crippen molar-refractivity contribution in [3.63, 3.8) is 0 Å². The van der Waals surface area contributed by atoms with Crippen LogP contribution in [0.2, 0.25) is 0 Å². The number of carbonyl (C=O) groups is 3. The third-order valence-corrected chi connectivity index (χ3v) is 8.63. The average Bonchev–Trinajstić information content (AvgIpc) is 3.47. The Bertz CT molecular complexity index is 1280. The predicted molar refractivity (Wildman–Crippen MR) is 144 cm³/mol. The monoisotopic (exact) mass is 544 g/mol. The number of thiophene rings is 2. The molecule has 7 nitrogen and oxygen atoms in total. The Balaban J connectivity index is 1.60. The number of benzene rings is 1. The van der Waals surface area contributed by atoms with E-state index >= 15 is 0 Å². The number of hydrogen-bond acceptors (Lipinski definition) is 6. The molecule has 0 atom stereocenters. The van der Waals surface area contributed by atoms with Crippen molar-refractivity contribution < 1.29 is 28.6 Å². The Labute approximate surface area is 222 Å². The van der Waals surface area contributed by atoms with Crippen LogP contribution in [0.4, 0.5) is 19.9 Å². The van der Waals surface area contributed by atoms with Gasteiger partial charge in [0.1, 0.15) is 5.82 Å². The van der Waals surface area contributed by atoms with E-state index in [1.807, 2.05) is 19.9 Å². The van der Waals surface area contributed by atoms with E-state index in [1.54, 1.807) is 17.0 Å². The molecular formula is C27H29FN2O5S2. The van der Waals surface area contributed by atoms with Crippen LogP contribution in [0.1, 0.15) is 56.8 Å². The van der Waals surface area contributed by atoms with E-state index in [0.717, 1.165) is 41.9 Å². The molecule has 1 aliphatic rings. The molecule has 2 heterocycles. The van der Waals surface area contributed by atoms with Gasteiger partial charge in [-0.25, -0.2) is 9.18 Å². The molecular weight excluding hydrogens is 515 g/mol.